The van der Waals surface area contributed by atoms with Crippen LogP contribution in [0.3, 0.4) is 0 Å². The van der Waals surface area contributed by atoms with Crippen molar-refractivity contribution >= 4 is 31.1 Å². The van der Waals surface area contributed by atoms with E-state index in [-0.39, 0.29) is 13.2 Å². The topological polar surface area (TPSA) is 145 Å². The number of ether oxygens (including phenoxy) is 10. The first kappa shape index (κ1) is 47.7. The summed E-state index contributed by atoms with van der Waals surface area (Å²) in [6.45, 7) is 4.56. The average molecular weight is 1000 g/mol. The van der Waals surface area contributed by atoms with Crippen molar-refractivity contribution in [3.05, 3.63) is 144 Å². The molecule has 0 aromatic heterocycles. The Hall–Kier alpha value is -3.78. The molecule has 14 nitrogen and oxygen atoms in total. The molecular weight excluding hydrogens is 943 g/mol. The standard InChI is InChI=1S/2C21H21O7.2C4H9.Sn/c2*1-24-21-18(27-19(23)13-8-4-2-5-9-13)16(22)17-15(26-21)12-25-20(28-17)14-10-6-3-7-11-14;2*1-3-4-2;/h2*2-11,15-18,20-21H,12H2,1H3;2*1,3-4H2,2H3;/q2*-1;;;+2/t2*15-,16+,17-,18-,20?,21+;;;/m11.../s1. The maximum absolute atomic E-state index is 14.1. The Morgan fingerprint density at radius 1 is 0.523 bits per heavy atom. The van der Waals surface area contributed by atoms with Gasteiger partial charge in [-0.15, -0.1) is 0 Å². The van der Waals surface area contributed by atoms with Crippen LogP contribution in [-0.4, -0.2) is 120 Å². The number of carbonyl (C=O) groups is 2. The molecule has 0 N–H and O–H groups in total. The van der Waals surface area contributed by atoms with Crippen LogP contribution in [0.25, 0.3) is 0 Å². The fourth-order valence-corrected chi connectivity index (χ4v) is 20.5. The van der Waals surface area contributed by atoms with Gasteiger partial charge >= 0.3 is 388 Å². The molecule has 0 saturated carbocycles. The first-order chi connectivity index (χ1) is 31.8. The number of hydrogen-bond acceptors (Lipinski definition) is 14. The second-order valence-corrected chi connectivity index (χ2v) is 26.1. The molecule has 2 unspecified atom stereocenters. The summed E-state index contributed by atoms with van der Waals surface area (Å²) in [4.78, 5) is 28.1. The third kappa shape index (κ3) is 11.3. The Morgan fingerprint density at radius 2 is 0.892 bits per heavy atom. The Balaban J connectivity index is 1.22. The van der Waals surface area contributed by atoms with Gasteiger partial charge in [-0.25, -0.2) is 0 Å². The van der Waals surface area contributed by atoms with Gasteiger partial charge in [0.1, 0.15) is 0 Å². The fourth-order valence-electron chi connectivity index (χ4n) is 8.86. The van der Waals surface area contributed by atoms with Crippen LogP contribution in [-0.2, 0) is 53.5 Å². The summed E-state index contributed by atoms with van der Waals surface area (Å²) in [5.41, 5.74) is 2.33. The number of benzene rings is 4. The van der Waals surface area contributed by atoms with Crippen molar-refractivity contribution in [1.29, 1.82) is 0 Å². The van der Waals surface area contributed by atoms with E-state index in [0.717, 1.165) is 36.8 Å². The minimum atomic E-state index is -4.77. The number of fused-ring (bicyclic) bond motifs is 2. The van der Waals surface area contributed by atoms with Gasteiger partial charge in [0.15, 0.2) is 0 Å². The van der Waals surface area contributed by atoms with Crippen molar-refractivity contribution in [2.24, 2.45) is 0 Å². The zero-order chi connectivity index (χ0) is 45.2. The second-order valence-electron chi connectivity index (χ2n) is 16.7. The van der Waals surface area contributed by atoms with E-state index in [9.17, 15) is 9.59 Å². The number of esters is 2. The molecule has 4 aromatic carbocycles. The van der Waals surface area contributed by atoms with Gasteiger partial charge in [0, 0.05) is 0 Å². The summed E-state index contributed by atoms with van der Waals surface area (Å²) in [6.07, 6.45) is -7.40. The van der Waals surface area contributed by atoms with Crippen LogP contribution in [0.4, 0.5) is 0 Å². The summed E-state index contributed by atoms with van der Waals surface area (Å²) in [5, 5.41) is 0. The third-order valence-corrected chi connectivity index (χ3v) is 22.6. The van der Waals surface area contributed by atoms with Crippen molar-refractivity contribution in [2.75, 3.05) is 27.4 Å². The van der Waals surface area contributed by atoms with Crippen LogP contribution in [0.2, 0.25) is 8.87 Å². The molecule has 0 amide bonds. The number of methoxy groups -OCH3 is 2. The zero-order valence-electron chi connectivity index (χ0n) is 37.3. The van der Waals surface area contributed by atoms with Gasteiger partial charge in [-0.05, 0) is 0 Å². The summed E-state index contributed by atoms with van der Waals surface area (Å²) >= 11 is -4.77. The van der Waals surface area contributed by atoms with Crippen molar-refractivity contribution in [3.8, 4) is 0 Å². The van der Waals surface area contributed by atoms with E-state index in [1.807, 2.05) is 72.8 Å². The molecule has 4 heterocycles. The van der Waals surface area contributed by atoms with E-state index >= 15 is 0 Å². The van der Waals surface area contributed by atoms with Crippen LogP contribution >= 0.6 is 0 Å². The summed E-state index contributed by atoms with van der Waals surface area (Å²) in [7, 11) is 3.02. The summed E-state index contributed by atoms with van der Waals surface area (Å²) in [5.74, 6) is -1.15. The second kappa shape index (κ2) is 22.8. The van der Waals surface area contributed by atoms with Crippen LogP contribution < -0.4 is 0 Å². The Bertz CT molecular complexity index is 1930. The molecule has 12 atom stereocenters. The van der Waals surface area contributed by atoms with Crippen LogP contribution in [0, 0.1) is 0 Å². The van der Waals surface area contributed by atoms with Crippen LogP contribution in [0.5, 0.6) is 0 Å². The molecule has 0 spiro atoms. The van der Waals surface area contributed by atoms with Crippen molar-refractivity contribution < 1.29 is 63.1 Å². The van der Waals surface area contributed by atoms with Crippen LogP contribution in [0.15, 0.2) is 121 Å². The van der Waals surface area contributed by atoms with Crippen molar-refractivity contribution in [1.82, 2.24) is 0 Å². The first-order valence-electron chi connectivity index (χ1n) is 22.7. The summed E-state index contributed by atoms with van der Waals surface area (Å²) < 4.78 is 80.9. The predicted molar refractivity (Wildman–Crippen MR) is 238 cm³/mol. The minimum absolute atomic E-state index is 0.155. The van der Waals surface area contributed by atoms with Crippen molar-refractivity contribution in [2.45, 2.75) is 122 Å². The molecule has 4 saturated heterocycles. The number of hydrogen-bond donors (Lipinski definition) is 0. The quantitative estimate of drug-likeness (QED) is 0.0697. The number of unbranched alkanes of at least 4 members (excludes halogenated alkanes) is 2. The van der Waals surface area contributed by atoms with E-state index in [2.05, 4.69) is 13.8 Å². The predicted octanol–water partition coefficient (Wildman–Crippen LogP) is 8.22. The normalized spacial score (nSPS) is 30.1. The Kier molecular flexibility index (Phi) is 16.7. The zero-order valence-corrected chi connectivity index (χ0v) is 40.2. The molecule has 348 valence electrons. The monoisotopic (exact) mass is 1000 g/mol. The molecule has 8 rings (SSSR count). The average Bonchev–Trinajstić information content (AvgIpc) is 3.36. The van der Waals surface area contributed by atoms with Gasteiger partial charge in [0.2, 0.25) is 0 Å². The Labute approximate surface area is 385 Å². The molecule has 0 aliphatic carbocycles. The first-order valence-corrected chi connectivity index (χ1v) is 29.1. The Morgan fingerprint density at radius 3 is 1.25 bits per heavy atom. The van der Waals surface area contributed by atoms with Crippen molar-refractivity contribution in [3.63, 3.8) is 0 Å². The number of carbonyl (C=O) groups excluding carboxylic acids is 2. The van der Waals surface area contributed by atoms with Gasteiger partial charge in [0.25, 0.3) is 0 Å². The summed E-state index contributed by atoms with van der Waals surface area (Å²) in [6, 6.07) is 36.8. The molecule has 4 aliphatic heterocycles. The van der Waals surface area contributed by atoms with Crippen LogP contribution in [0.1, 0.15) is 84.0 Å². The number of rotatable bonds is 18. The van der Waals surface area contributed by atoms with E-state index in [4.69, 9.17) is 53.5 Å². The molecule has 15 heteroatoms. The molecule has 65 heavy (non-hydrogen) atoms. The van der Waals surface area contributed by atoms with E-state index in [1.54, 1.807) is 48.5 Å². The maximum atomic E-state index is 14.1. The van der Waals surface area contributed by atoms with Gasteiger partial charge in [0.05, 0.1) is 0 Å². The van der Waals surface area contributed by atoms with Gasteiger partial charge in [-0.1, -0.05) is 0 Å². The molecular formula is C50H60O14Sn. The molecule has 0 bridgehead atoms. The molecule has 4 fully saturated rings. The SMILES string of the molecule is CCC[CH2][Sn]([CH2]CCC)([O][C@@H]1[C@@H](OC(=O)c2ccccc2)[C@@H](OC)O[C@@H]2COC(c3ccccc3)O[C@@H]12)[O][C@@H]1[C@@H](OC(=O)c2ccccc2)[C@@H](OC)O[C@@H]2COC(c3ccccc3)O[C@@H]12. The van der Waals surface area contributed by atoms with Gasteiger partial charge < -0.3 is 0 Å². The van der Waals surface area contributed by atoms with E-state index < -0.39 is 105 Å². The van der Waals surface area contributed by atoms with Gasteiger partial charge in [-0.3, -0.25) is 0 Å². The molecule has 4 aliphatic rings. The van der Waals surface area contributed by atoms with E-state index in [0.29, 0.717) is 20.0 Å². The molecule has 4 aromatic rings. The third-order valence-electron chi connectivity index (χ3n) is 12.2. The van der Waals surface area contributed by atoms with Gasteiger partial charge in [-0.2, -0.15) is 0 Å². The fraction of sp³-hybridized carbons (Fsp3) is 0.480. The van der Waals surface area contributed by atoms with E-state index in [1.165, 1.54) is 14.2 Å². The molecule has 0 radical (unpaired) electrons.